The molecule has 4 N–H and O–H groups in total. The molecule has 0 radical (unpaired) electrons. The highest BCUT2D eigenvalue weighted by atomic mass is 32.1. The average molecular weight is 258 g/mol. The molecule has 0 saturated heterocycles. The number of nitrogens with one attached hydrogen (secondary N) is 2. The fraction of sp³-hybridized carbons (Fsp3) is 0.600. The van der Waals surface area contributed by atoms with Gasteiger partial charge in [0.15, 0.2) is 16.6 Å². The molecule has 1 aromatic heterocycles. The second kappa shape index (κ2) is 6.29. The van der Waals surface area contributed by atoms with Crippen LogP contribution in [0.5, 0.6) is 5.75 Å². The largest absolute Gasteiger partial charge is 0.484 e. The van der Waals surface area contributed by atoms with Crippen molar-refractivity contribution in [2.45, 2.75) is 26.4 Å². The lowest BCUT2D eigenvalue weighted by Crippen LogP contribution is -2.20. The van der Waals surface area contributed by atoms with Gasteiger partial charge >= 0.3 is 0 Å². The van der Waals surface area contributed by atoms with E-state index in [9.17, 15) is 4.79 Å². The van der Waals surface area contributed by atoms with Crippen LogP contribution in [-0.4, -0.2) is 30.0 Å². The van der Waals surface area contributed by atoms with Crippen LogP contribution < -0.4 is 21.1 Å². The third-order valence-electron chi connectivity index (χ3n) is 1.94. The van der Waals surface area contributed by atoms with Crippen molar-refractivity contribution in [2.75, 3.05) is 24.6 Å². The molecule has 1 aromatic rings. The zero-order valence-electron chi connectivity index (χ0n) is 10.2. The van der Waals surface area contributed by atoms with E-state index in [0.717, 1.165) is 5.00 Å². The molecular weight excluding hydrogens is 240 g/mol. The molecule has 0 bridgehead atoms. The zero-order valence-corrected chi connectivity index (χ0v) is 11.1. The number of nitrogens with zero attached hydrogens (tertiary/aromatic N) is 1. The van der Waals surface area contributed by atoms with Crippen LogP contribution in [0.25, 0.3) is 0 Å². The highest BCUT2D eigenvalue weighted by Gasteiger charge is 2.14. The van der Waals surface area contributed by atoms with Gasteiger partial charge in [0.1, 0.15) is 0 Å². The molecule has 7 heteroatoms. The first-order chi connectivity index (χ1) is 8.04. The number of hydrogen-bond acceptors (Lipinski definition) is 6. The molecule has 17 heavy (non-hydrogen) atoms. The minimum atomic E-state index is -0.0127. The Balaban J connectivity index is 2.55. The van der Waals surface area contributed by atoms with Crippen molar-refractivity contribution >= 4 is 28.3 Å². The predicted molar refractivity (Wildman–Crippen MR) is 69.5 cm³/mol. The van der Waals surface area contributed by atoms with Gasteiger partial charge in [-0.15, -0.1) is 0 Å². The number of nitrogens with two attached hydrogens (primary N) is 1. The van der Waals surface area contributed by atoms with Gasteiger partial charge in [-0.2, -0.15) is 4.37 Å². The quantitative estimate of drug-likeness (QED) is 0.710. The van der Waals surface area contributed by atoms with Gasteiger partial charge in [0.2, 0.25) is 5.91 Å². The molecule has 0 atom stereocenters. The molecule has 0 unspecified atom stereocenters. The van der Waals surface area contributed by atoms with Crippen molar-refractivity contribution in [3.63, 3.8) is 0 Å². The van der Waals surface area contributed by atoms with Crippen molar-refractivity contribution in [2.24, 2.45) is 0 Å². The monoisotopic (exact) mass is 258 g/mol. The van der Waals surface area contributed by atoms with Gasteiger partial charge in [0, 0.05) is 20.0 Å². The number of carbonyl (C=O) groups is 1. The summed E-state index contributed by atoms with van der Waals surface area (Å²) < 4.78 is 9.58. The average Bonchev–Trinajstić information content (AvgIpc) is 2.60. The van der Waals surface area contributed by atoms with E-state index in [2.05, 4.69) is 15.0 Å². The van der Waals surface area contributed by atoms with Crippen molar-refractivity contribution < 1.29 is 9.53 Å². The SMILES string of the molecule is CNC(=O)CCNc1snc(N)c1OC(C)C. The van der Waals surface area contributed by atoms with Crippen molar-refractivity contribution in [1.29, 1.82) is 0 Å². The number of rotatable bonds is 6. The third kappa shape index (κ3) is 4.10. The summed E-state index contributed by atoms with van der Waals surface area (Å²) in [7, 11) is 1.61. The minimum absolute atomic E-state index is 0.0127. The summed E-state index contributed by atoms with van der Waals surface area (Å²) in [5.41, 5.74) is 5.70. The lowest BCUT2D eigenvalue weighted by Gasteiger charge is -2.11. The number of amides is 1. The van der Waals surface area contributed by atoms with E-state index < -0.39 is 0 Å². The highest BCUT2D eigenvalue weighted by Crippen LogP contribution is 2.35. The Morgan fingerprint density at radius 2 is 2.29 bits per heavy atom. The number of aromatic nitrogens is 1. The van der Waals surface area contributed by atoms with Gasteiger partial charge in [-0.25, -0.2) is 0 Å². The van der Waals surface area contributed by atoms with E-state index in [1.54, 1.807) is 7.05 Å². The van der Waals surface area contributed by atoms with Crippen molar-refractivity contribution in [3.8, 4) is 5.75 Å². The Morgan fingerprint density at radius 3 is 2.88 bits per heavy atom. The number of anilines is 2. The summed E-state index contributed by atoms with van der Waals surface area (Å²) in [6.07, 6.45) is 0.434. The molecule has 0 aliphatic rings. The van der Waals surface area contributed by atoms with Crippen molar-refractivity contribution in [1.82, 2.24) is 9.69 Å². The number of carbonyl (C=O) groups excluding carboxylic acids is 1. The van der Waals surface area contributed by atoms with Gasteiger partial charge in [-0.3, -0.25) is 4.79 Å². The summed E-state index contributed by atoms with van der Waals surface area (Å²) in [4.78, 5) is 11.1. The summed E-state index contributed by atoms with van der Waals surface area (Å²) in [5, 5.41) is 6.42. The van der Waals surface area contributed by atoms with Crippen LogP contribution in [-0.2, 0) is 4.79 Å². The van der Waals surface area contributed by atoms with Crippen LogP contribution in [0, 0.1) is 0 Å². The van der Waals surface area contributed by atoms with E-state index in [0.29, 0.717) is 24.5 Å². The topological polar surface area (TPSA) is 89.3 Å². The minimum Gasteiger partial charge on any atom is -0.484 e. The molecule has 0 spiro atoms. The molecule has 0 fully saturated rings. The molecule has 0 aliphatic carbocycles. The zero-order chi connectivity index (χ0) is 12.8. The lowest BCUT2D eigenvalue weighted by molar-refractivity contribution is -0.120. The molecule has 96 valence electrons. The fourth-order valence-electron chi connectivity index (χ4n) is 1.17. The van der Waals surface area contributed by atoms with Gasteiger partial charge in [-0.05, 0) is 25.4 Å². The first-order valence-electron chi connectivity index (χ1n) is 5.40. The number of hydrogen-bond donors (Lipinski definition) is 3. The molecule has 1 rings (SSSR count). The Bertz CT molecular complexity index is 378. The summed E-state index contributed by atoms with van der Waals surface area (Å²) in [6, 6.07) is 0. The molecule has 1 heterocycles. The fourth-order valence-corrected chi connectivity index (χ4v) is 1.85. The molecule has 0 saturated carbocycles. The van der Waals surface area contributed by atoms with E-state index >= 15 is 0 Å². The van der Waals surface area contributed by atoms with Gasteiger partial charge < -0.3 is 21.1 Å². The second-order valence-corrected chi connectivity index (χ2v) is 4.52. The van der Waals surface area contributed by atoms with Crippen LogP contribution >= 0.6 is 11.5 Å². The molecule has 0 aliphatic heterocycles. The van der Waals surface area contributed by atoms with E-state index in [1.165, 1.54) is 11.5 Å². The van der Waals surface area contributed by atoms with Crippen LogP contribution in [0.3, 0.4) is 0 Å². The summed E-state index contributed by atoms with van der Waals surface area (Å²) in [5.74, 6) is 0.939. The third-order valence-corrected chi connectivity index (χ3v) is 2.74. The maximum absolute atomic E-state index is 11.1. The van der Waals surface area contributed by atoms with E-state index in [1.807, 2.05) is 13.8 Å². The van der Waals surface area contributed by atoms with Gasteiger partial charge in [0.05, 0.1) is 6.10 Å². The maximum atomic E-state index is 11.1. The first-order valence-corrected chi connectivity index (χ1v) is 6.18. The molecule has 1 amide bonds. The maximum Gasteiger partial charge on any atom is 0.221 e. The Morgan fingerprint density at radius 1 is 1.59 bits per heavy atom. The van der Waals surface area contributed by atoms with Crippen molar-refractivity contribution in [3.05, 3.63) is 0 Å². The molecule has 0 aromatic carbocycles. The van der Waals surface area contributed by atoms with E-state index in [-0.39, 0.29) is 12.0 Å². The highest BCUT2D eigenvalue weighted by molar-refractivity contribution is 7.11. The standard InChI is InChI=1S/C10H18N4O2S/c1-6(2)16-8-9(11)14-17-10(8)13-5-4-7(15)12-3/h6,13H,4-5H2,1-3H3,(H2,11,14)(H,12,15). The van der Waals surface area contributed by atoms with Crippen LogP contribution in [0.4, 0.5) is 10.8 Å². The smallest absolute Gasteiger partial charge is 0.221 e. The Labute approximate surface area is 105 Å². The Kier molecular flexibility index (Phi) is 5.02. The lowest BCUT2D eigenvalue weighted by atomic mass is 10.4. The normalized spacial score (nSPS) is 10.4. The van der Waals surface area contributed by atoms with Crippen LogP contribution in [0.1, 0.15) is 20.3 Å². The number of nitrogen functional groups attached to an aromatic ring is 1. The van der Waals surface area contributed by atoms with Gasteiger partial charge in [-0.1, -0.05) is 0 Å². The van der Waals surface area contributed by atoms with E-state index in [4.69, 9.17) is 10.5 Å². The van der Waals surface area contributed by atoms with Gasteiger partial charge in [0.25, 0.3) is 0 Å². The first kappa shape index (κ1) is 13.6. The summed E-state index contributed by atoms with van der Waals surface area (Å²) in [6.45, 7) is 4.37. The Hall–Kier alpha value is -1.50. The molecule has 6 nitrogen and oxygen atoms in total. The number of ether oxygens (including phenoxy) is 1. The van der Waals surface area contributed by atoms with Crippen LogP contribution in [0.2, 0.25) is 0 Å². The predicted octanol–water partition coefficient (Wildman–Crippen LogP) is 1.06. The van der Waals surface area contributed by atoms with Crippen LogP contribution in [0.15, 0.2) is 0 Å². The second-order valence-electron chi connectivity index (χ2n) is 3.74. The summed E-state index contributed by atoms with van der Waals surface area (Å²) >= 11 is 1.23. The molecular formula is C10H18N4O2S.